The fraction of sp³-hybridized carbons (Fsp3) is 0.375. The SMILES string of the molecule is CCOC(=O)c1c[nH]c2c(OC)c(F)c(C3CC3)cc2c1=O. The fourth-order valence-corrected chi connectivity index (χ4v) is 2.58. The van der Waals surface area contributed by atoms with Crippen LogP contribution in [0.15, 0.2) is 17.1 Å². The highest BCUT2D eigenvalue weighted by molar-refractivity contribution is 5.95. The zero-order valence-corrected chi connectivity index (χ0v) is 12.4. The highest BCUT2D eigenvalue weighted by Crippen LogP contribution is 2.44. The molecule has 116 valence electrons. The van der Waals surface area contributed by atoms with Crippen molar-refractivity contribution in [2.24, 2.45) is 0 Å². The lowest BCUT2D eigenvalue weighted by Crippen LogP contribution is -2.18. The first-order valence-electron chi connectivity index (χ1n) is 7.17. The zero-order chi connectivity index (χ0) is 15.9. The molecule has 0 atom stereocenters. The van der Waals surface area contributed by atoms with E-state index in [-0.39, 0.29) is 34.7 Å². The summed E-state index contributed by atoms with van der Waals surface area (Å²) in [5, 5.41) is 0.241. The van der Waals surface area contributed by atoms with Crippen LogP contribution in [0.25, 0.3) is 10.9 Å². The van der Waals surface area contributed by atoms with Gasteiger partial charge in [-0.15, -0.1) is 0 Å². The molecule has 1 aromatic heterocycles. The van der Waals surface area contributed by atoms with Gasteiger partial charge >= 0.3 is 5.97 Å². The third-order valence-electron chi connectivity index (χ3n) is 3.82. The third kappa shape index (κ3) is 2.24. The minimum Gasteiger partial charge on any atom is -0.492 e. The van der Waals surface area contributed by atoms with Gasteiger partial charge in [-0.05, 0) is 37.3 Å². The van der Waals surface area contributed by atoms with Crippen molar-refractivity contribution in [3.05, 3.63) is 39.4 Å². The molecule has 5 nitrogen and oxygen atoms in total. The number of pyridine rings is 1. The normalized spacial score (nSPS) is 14.1. The molecule has 0 radical (unpaired) electrons. The van der Waals surface area contributed by atoms with E-state index < -0.39 is 17.2 Å². The number of carbonyl (C=O) groups is 1. The Morgan fingerprint density at radius 3 is 2.77 bits per heavy atom. The maximum Gasteiger partial charge on any atom is 0.343 e. The lowest BCUT2D eigenvalue weighted by molar-refractivity contribution is 0.0524. The molecule has 0 saturated heterocycles. The van der Waals surface area contributed by atoms with Crippen molar-refractivity contribution in [3.8, 4) is 5.75 Å². The van der Waals surface area contributed by atoms with Crippen molar-refractivity contribution < 1.29 is 18.7 Å². The Morgan fingerprint density at radius 1 is 1.45 bits per heavy atom. The Bertz CT molecular complexity index is 808. The molecule has 0 aliphatic heterocycles. The number of fused-ring (bicyclic) bond motifs is 1. The molecule has 0 unspecified atom stereocenters. The summed E-state index contributed by atoms with van der Waals surface area (Å²) < 4.78 is 24.4. The number of halogens is 1. The summed E-state index contributed by atoms with van der Waals surface area (Å²) in [7, 11) is 1.35. The molecule has 1 saturated carbocycles. The van der Waals surface area contributed by atoms with Crippen molar-refractivity contribution in [3.63, 3.8) is 0 Å². The van der Waals surface area contributed by atoms with Crippen LogP contribution in [0.5, 0.6) is 5.75 Å². The number of aromatic nitrogens is 1. The number of rotatable bonds is 4. The van der Waals surface area contributed by atoms with E-state index in [0.717, 1.165) is 12.8 Å². The second-order valence-corrected chi connectivity index (χ2v) is 5.26. The number of esters is 1. The van der Waals surface area contributed by atoms with Crippen molar-refractivity contribution in [1.82, 2.24) is 4.98 Å². The molecular formula is C16H16FNO4. The smallest absolute Gasteiger partial charge is 0.343 e. The third-order valence-corrected chi connectivity index (χ3v) is 3.82. The zero-order valence-electron chi connectivity index (χ0n) is 12.4. The van der Waals surface area contributed by atoms with E-state index in [0.29, 0.717) is 5.56 Å². The number of H-pyrrole nitrogens is 1. The number of nitrogens with one attached hydrogen (secondary N) is 1. The first kappa shape index (κ1) is 14.6. The summed E-state index contributed by atoms with van der Waals surface area (Å²) in [5.74, 6) is -1.02. The number of aromatic amines is 1. The van der Waals surface area contributed by atoms with Crippen molar-refractivity contribution in [2.45, 2.75) is 25.7 Å². The monoisotopic (exact) mass is 305 g/mol. The number of ether oxygens (including phenoxy) is 2. The molecule has 1 aliphatic carbocycles. The Morgan fingerprint density at radius 2 is 2.18 bits per heavy atom. The van der Waals surface area contributed by atoms with Crippen LogP contribution in [0, 0.1) is 5.82 Å². The molecule has 0 amide bonds. The summed E-state index contributed by atoms with van der Waals surface area (Å²) in [6, 6.07) is 1.52. The van der Waals surface area contributed by atoms with E-state index in [1.165, 1.54) is 19.4 Å². The predicted molar refractivity (Wildman–Crippen MR) is 79.0 cm³/mol. The van der Waals surface area contributed by atoms with Crippen molar-refractivity contribution in [2.75, 3.05) is 13.7 Å². The number of carbonyl (C=O) groups excluding carboxylic acids is 1. The van der Waals surface area contributed by atoms with Gasteiger partial charge in [-0.2, -0.15) is 0 Å². The highest BCUT2D eigenvalue weighted by Gasteiger charge is 2.30. The summed E-state index contributed by atoms with van der Waals surface area (Å²) in [6.45, 7) is 1.84. The number of hydrogen-bond acceptors (Lipinski definition) is 4. The first-order chi connectivity index (χ1) is 10.6. The van der Waals surface area contributed by atoms with Gasteiger partial charge in [0.25, 0.3) is 0 Å². The van der Waals surface area contributed by atoms with Gasteiger partial charge in [0.15, 0.2) is 11.6 Å². The van der Waals surface area contributed by atoms with Crippen LogP contribution >= 0.6 is 0 Å². The Balaban J connectivity index is 2.27. The summed E-state index contributed by atoms with van der Waals surface area (Å²) in [4.78, 5) is 27.1. The molecular weight excluding hydrogens is 289 g/mol. The average molecular weight is 305 g/mol. The number of benzene rings is 1. The van der Waals surface area contributed by atoms with E-state index in [4.69, 9.17) is 9.47 Å². The Kier molecular flexibility index (Phi) is 3.60. The van der Waals surface area contributed by atoms with Gasteiger partial charge in [0.05, 0.1) is 24.6 Å². The van der Waals surface area contributed by atoms with E-state index in [1.54, 1.807) is 6.92 Å². The van der Waals surface area contributed by atoms with Crippen LogP contribution in [0.1, 0.15) is 41.6 Å². The summed E-state index contributed by atoms with van der Waals surface area (Å²) >= 11 is 0. The van der Waals surface area contributed by atoms with Crippen LogP contribution in [0.2, 0.25) is 0 Å². The minimum absolute atomic E-state index is 0.00640. The molecule has 1 N–H and O–H groups in total. The second-order valence-electron chi connectivity index (χ2n) is 5.26. The van der Waals surface area contributed by atoms with Gasteiger partial charge in [0.1, 0.15) is 5.56 Å². The minimum atomic E-state index is -0.693. The number of methoxy groups -OCH3 is 1. The Labute approximate surface area is 126 Å². The molecule has 0 spiro atoms. The first-order valence-corrected chi connectivity index (χ1v) is 7.17. The van der Waals surface area contributed by atoms with E-state index in [1.807, 2.05) is 0 Å². The molecule has 2 aromatic rings. The molecule has 0 bridgehead atoms. The van der Waals surface area contributed by atoms with Gasteiger partial charge in [0.2, 0.25) is 5.43 Å². The van der Waals surface area contributed by atoms with Crippen molar-refractivity contribution in [1.29, 1.82) is 0 Å². The lowest BCUT2D eigenvalue weighted by Gasteiger charge is -2.11. The van der Waals surface area contributed by atoms with Crippen molar-refractivity contribution >= 4 is 16.9 Å². The van der Waals surface area contributed by atoms with Gasteiger partial charge < -0.3 is 14.5 Å². The maximum absolute atomic E-state index is 14.5. The molecule has 6 heteroatoms. The standard InChI is InChI=1S/C16H16FNO4/c1-3-22-16(20)11-7-18-13-10(14(11)19)6-9(8-4-5-8)12(17)15(13)21-2/h6-8H,3-5H2,1-2H3,(H,18,19). The topological polar surface area (TPSA) is 68.4 Å². The van der Waals surface area contributed by atoms with E-state index >= 15 is 0 Å². The van der Waals surface area contributed by atoms with Crippen LogP contribution in [0.4, 0.5) is 4.39 Å². The molecule has 1 aromatic carbocycles. The van der Waals surface area contributed by atoms with Crippen LogP contribution in [-0.2, 0) is 4.74 Å². The maximum atomic E-state index is 14.5. The van der Waals surface area contributed by atoms with Crippen LogP contribution in [0.3, 0.4) is 0 Å². The molecule has 3 rings (SSSR count). The van der Waals surface area contributed by atoms with E-state index in [2.05, 4.69) is 4.98 Å². The van der Waals surface area contributed by atoms with E-state index in [9.17, 15) is 14.0 Å². The van der Waals surface area contributed by atoms with Gasteiger partial charge in [-0.25, -0.2) is 9.18 Å². The molecule has 22 heavy (non-hydrogen) atoms. The van der Waals surface area contributed by atoms with Gasteiger partial charge in [0, 0.05) is 6.20 Å². The highest BCUT2D eigenvalue weighted by atomic mass is 19.1. The number of hydrogen-bond donors (Lipinski definition) is 1. The predicted octanol–water partition coefficient (Wildman–Crippen LogP) is 2.73. The summed E-state index contributed by atoms with van der Waals surface area (Å²) in [6.07, 6.45) is 3.02. The van der Waals surface area contributed by atoms with Crippen LogP contribution in [-0.4, -0.2) is 24.7 Å². The summed E-state index contributed by atoms with van der Waals surface area (Å²) in [5.41, 5.74) is 0.149. The molecule has 1 fully saturated rings. The molecule has 1 heterocycles. The van der Waals surface area contributed by atoms with Gasteiger partial charge in [-0.1, -0.05) is 0 Å². The largest absolute Gasteiger partial charge is 0.492 e. The van der Waals surface area contributed by atoms with Gasteiger partial charge in [-0.3, -0.25) is 4.79 Å². The molecule has 1 aliphatic rings. The fourth-order valence-electron chi connectivity index (χ4n) is 2.58. The quantitative estimate of drug-likeness (QED) is 0.882. The Hall–Kier alpha value is -2.37. The lowest BCUT2D eigenvalue weighted by atomic mass is 10.0. The average Bonchev–Trinajstić information content (AvgIpc) is 3.32. The van der Waals surface area contributed by atoms with Crippen LogP contribution < -0.4 is 10.2 Å². The second kappa shape index (κ2) is 5.44.